The first-order valence-electron chi connectivity index (χ1n) is 9.68. The summed E-state index contributed by atoms with van der Waals surface area (Å²) in [6.07, 6.45) is -5.53. The Hall–Kier alpha value is -3.45. The largest absolute Gasteiger partial charge is 0.416 e. The van der Waals surface area contributed by atoms with Crippen molar-refractivity contribution < 1.29 is 18.3 Å². The average molecular weight is 423 g/mol. The number of nitrogens with one attached hydrogen (secondary N) is 1. The van der Waals surface area contributed by atoms with E-state index in [-0.39, 0.29) is 0 Å². The third kappa shape index (κ3) is 4.51. The molecule has 2 heterocycles. The molecule has 2 aromatic heterocycles. The summed E-state index contributed by atoms with van der Waals surface area (Å²) in [6, 6.07) is 17.6. The van der Waals surface area contributed by atoms with E-state index >= 15 is 0 Å². The summed E-state index contributed by atoms with van der Waals surface area (Å²) in [7, 11) is 0. The number of aliphatic hydroxyl groups excluding tert-OH is 1. The van der Waals surface area contributed by atoms with E-state index in [1.54, 1.807) is 30.3 Å². The average Bonchev–Trinajstić information content (AvgIpc) is 2.71. The van der Waals surface area contributed by atoms with Gasteiger partial charge in [-0.1, -0.05) is 36.4 Å². The minimum atomic E-state index is -4.43. The van der Waals surface area contributed by atoms with Crippen LogP contribution in [0.15, 0.2) is 66.7 Å². The molecule has 0 bridgehead atoms. The van der Waals surface area contributed by atoms with Crippen LogP contribution in [-0.2, 0) is 6.18 Å². The highest BCUT2D eigenvalue weighted by Crippen LogP contribution is 2.33. The van der Waals surface area contributed by atoms with Crippen molar-refractivity contribution in [2.24, 2.45) is 0 Å². The van der Waals surface area contributed by atoms with Gasteiger partial charge in [0, 0.05) is 22.2 Å². The normalized spacial score (nSPS) is 12.7. The molecule has 1 unspecified atom stereocenters. The Balaban J connectivity index is 1.74. The van der Waals surface area contributed by atoms with Gasteiger partial charge in [-0.2, -0.15) is 13.2 Å². The van der Waals surface area contributed by atoms with Crippen molar-refractivity contribution in [3.63, 3.8) is 0 Å². The van der Waals surface area contributed by atoms with Crippen LogP contribution in [-0.4, -0.2) is 15.1 Å². The van der Waals surface area contributed by atoms with Gasteiger partial charge in [0.15, 0.2) is 6.23 Å². The number of benzene rings is 2. The van der Waals surface area contributed by atoms with E-state index in [0.29, 0.717) is 28.2 Å². The zero-order chi connectivity index (χ0) is 22.2. The maximum Gasteiger partial charge on any atom is 0.416 e. The Morgan fingerprint density at radius 2 is 1.68 bits per heavy atom. The predicted molar refractivity (Wildman–Crippen MR) is 114 cm³/mol. The monoisotopic (exact) mass is 423 g/mol. The van der Waals surface area contributed by atoms with Gasteiger partial charge in [-0.3, -0.25) is 0 Å². The second-order valence-corrected chi connectivity index (χ2v) is 7.41. The summed E-state index contributed by atoms with van der Waals surface area (Å²) < 4.78 is 39.3. The molecule has 0 amide bonds. The van der Waals surface area contributed by atoms with Crippen LogP contribution in [0, 0.1) is 13.8 Å². The molecule has 0 aliphatic carbocycles. The van der Waals surface area contributed by atoms with E-state index in [4.69, 9.17) is 0 Å². The van der Waals surface area contributed by atoms with Gasteiger partial charge in [0.25, 0.3) is 0 Å². The van der Waals surface area contributed by atoms with Crippen molar-refractivity contribution in [2.45, 2.75) is 26.3 Å². The molecule has 4 aromatic rings. The smallest absolute Gasteiger partial charge is 0.369 e. The van der Waals surface area contributed by atoms with Gasteiger partial charge in [0.05, 0.1) is 16.8 Å². The lowest BCUT2D eigenvalue weighted by Crippen LogP contribution is -2.12. The van der Waals surface area contributed by atoms with E-state index in [9.17, 15) is 18.3 Å². The van der Waals surface area contributed by atoms with Gasteiger partial charge in [0.2, 0.25) is 0 Å². The van der Waals surface area contributed by atoms with Crippen LogP contribution >= 0.6 is 0 Å². The molecule has 0 fully saturated rings. The topological polar surface area (TPSA) is 58.0 Å². The summed E-state index contributed by atoms with van der Waals surface area (Å²) in [5.41, 5.74) is 2.84. The maximum atomic E-state index is 13.1. The second kappa shape index (κ2) is 8.00. The molecule has 0 spiro atoms. The molecule has 0 saturated carbocycles. The van der Waals surface area contributed by atoms with Gasteiger partial charge < -0.3 is 10.4 Å². The number of fused-ring (bicyclic) bond motifs is 1. The van der Waals surface area contributed by atoms with Crippen LogP contribution in [0.2, 0.25) is 0 Å². The fourth-order valence-corrected chi connectivity index (χ4v) is 3.54. The van der Waals surface area contributed by atoms with Crippen LogP contribution in [0.25, 0.3) is 22.2 Å². The highest BCUT2D eigenvalue weighted by molar-refractivity contribution is 5.85. The van der Waals surface area contributed by atoms with Crippen molar-refractivity contribution in [2.75, 3.05) is 5.32 Å². The number of nitrogens with zero attached hydrogens (tertiary/aromatic N) is 2. The minimum absolute atomic E-state index is 0.352. The van der Waals surface area contributed by atoms with Gasteiger partial charge in [-0.15, -0.1) is 0 Å². The molecule has 0 aliphatic heterocycles. The molecule has 158 valence electrons. The summed E-state index contributed by atoms with van der Waals surface area (Å²) >= 11 is 0. The molecule has 0 saturated heterocycles. The molecule has 1 atom stereocenters. The molecule has 4 rings (SSSR count). The van der Waals surface area contributed by atoms with E-state index in [2.05, 4.69) is 15.3 Å². The van der Waals surface area contributed by atoms with E-state index in [0.717, 1.165) is 28.8 Å². The van der Waals surface area contributed by atoms with Crippen LogP contribution in [0.5, 0.6) is 0 Å². The Morgan fingerprint density at radius 1 is 0.903 bits per heavy atom. The number of hydrogen-bond acceptors (Lipinski definition) is 4. The number of hydrogen-bond donors (Lipinski definition) is 2. The van der Waals surface area contributed by atoms with Crippen molar-refractivity contribution in [3.05, 3.63) is 89.1 Å². The van der Waals surface area contributed by atoms with Crippen LogP contribution in [0.3, 0.4) is 0 Å². The molecule has 2 aromatic carbocycles. The zero-order valence-corrected chi connectivity index (χ0v) is 16.9. The Labute approximate surface area is 177 Å². The van der Waals surface area contributed by atoms with Crippen molar-refractivity contribution in [3.8, 4) is 11.3 Å². The number of aliphatic hydroxyl groups is 1. The Bertz CT molecular complexity index is 1230. The van der Waals surface area contributed by atoms with E-state index in [1.165, 1.54) is 6.07 Å². The Morgan fingerprint density at radius 3 is 2.42 bits per heavy atom. The Kier molecular flexibility index (Phi) is 5.37. The van der Waals surface area contributed by atoms with Gasteiger partial charge in [-0.25, -0.2) is 9.97 Å². The van der Waals surface area contributed by atoms with Gasteiger partial charge >= 0.3 is 6.18 Å². The van der Waals surface area contributed by atoms with E-state index < -0.39 is 18.0 Å². The van der Waals surface area contributed by atoms with Crippen LogP contribution < -0.4 is 5.32 Å². The first-order valence-corrected chi connectivity index (χ1v) is 9.68. The van der Waals surface area contributed by atoms with Crippen molar-refractivity contribution in [1.82, 2.24) is 9.97 Å². The predicted octanol–water partition coefficient (Wildman–Crippen LogP) is 6.04. The molecule has 31 heavy (non-hydrogen) atoms. The third-order valence-electron chi connectivity index (χ3n) is 4.91. The van der Waals surface area contributed by atoms with Gasteiger partial charge in [-0.05, 0) is 49.7 Å². The fraction of sp³-hybridized carbons (Fsp3) is 0.167. The highest BCUT2D eigenvalue weighted by atomic mass is 19.4. The number of anilines is 1. The van der Waals surface area contributed by atoms with Crippen molar-refractivity contribution >= 4 is 16.7 Å². The lowest BCUT2D eigenvalue weighted by molar-refractivity contribution is -0.137. The van der Waals surface area contributed by atoms with Crippen LogP contribution in [0.1, 0.15) is 28.6 Å². The molecular weight excluding hydrogens is 403 g/mol. The lowest BCUT2D eigenvalue weighted by Gasteiger charge is -2.17. The summed E-state index contributed by atoms with van der Waals surface area (Å²) in [5, 5.41) is 14.6. The first-order chi connectivity index (χ1) is 14.7. The van der Waals surface area contributed by atoms with Crippen LogP contribution in [0.4, 0.5) is 19.0 Å². The fourth-order valence-electron chi connectivity index (χ4n) is 3.54. The lowest BCUT2D eigenvalue weighted by atomic mass is 10.0. The number of rotatable bonds is 4. The summed E-state index contributed by atoms with van der Waals surface area (Å²) in [6.45, 7) is 3.80. The minimum Gasteiger partial charge on any atom is -0.369 e. The number of aromatic nitrogens is 2. The highest BCUT2D eigenvalue weighted by Gasteiger charge is 2.30. The molecular formula is C24H20F3N3O. The number of halogens is 3. The number of pyridine rings is 2. The number of alkyl halides is 3. The molecule has 7 heteroatoms. The second-order valence-electron chi connectivity index (χ2n) is 7.41. The molecule has 0 radical (unpaired) electrons. The van der Waals surface area contributed by atoms with Crippen molar-refractivity contribution in [1.29, 1.82) is 0 Å². The molecule has 4 nitrogen and oxygen atoms in total. The first kappa shape index (κ1) is 20.8. The molecule has 0 aliphatic rings. The quantitative estimate of drug-likeness (QED) is 0.393. The summed E-state index contributed by atoms with van der Waals surface area (Å²) in [5.74, 6) is 0.524. The SMILES string of the molecule is Cc1cc(C)nc(NC(O)c2cccc3ccc(-c4cccc(C(F)(F)F)c4)nc23)c1. The summed E-state index contributed by atoms with van der Waals surface area (Å²) in [4.78, 5) is 8.96. The third-order valence-corrected chi connectivity index (χ3v) is 4.91. The number of para-hydroxylation sites is 1. The van der Waals surface area contributed by atoms with E-state index in [1.807, 2.05) is 32.0 Å². The molecule has 2 N–H and O–H groups in total. The standard InChI is InChI=1S/C24H20F3N3O/c1-14-11-15(2)28-21(12-14)30-23(31)19-8-4-5-16-9-10-20(29-22(16)19)17-6-3-7-18(13-17)24(25,26)27/h3-13,23,31H,1-2H3,(H,28,30). The maximum absolute atomic E-state index is 13.1. The van der Waals surface area contributed by atoms with Gasteiger partial charge in [0.1, 0.15) is 5.82 Å². The number of aryl methyl sites for hydroxylation is 2. The zero-order valence-electron chi connectivity index (χ0n) is 16.9.